The van der Waals surface area contributed by atoms with Crippen molar-refractivity contribution in [2.24, 2.45) is 5.10 Å². The number of phenolic OH excluding ortho intramolecular Hbond substituents is 1. The van der Waals surface area contributed by atoms with E-state index in [4.69, 9.17) is 9.15 Å². The molecule has 3 aromatic rings. The molecule has 1 amide bonds. The minimum absolute atomic E-state index is 0.0171. The molecule has 0 fully saturated rings. The number of methoxy groups -OCH3 is 1. The van der Waals surface area contributed by atoms with Gasteiger partial charge < -0.3 is 14.3 Å². The first kappa shape index (κ1) is 19.2. The van der Waals surface area contributed by atoms with Gasteiger partial charge in [0.15, 0.2) is 11.3 Å². The first-order chi connectivity index (χ1) is 13.5. The van der Waals surface area contributed by atoms with Gasteiger partial charge in [-0.15, -0.1) is 0 Å². The number of fused-ring (bicyclic) bond motifs is 1. The van der Waals surface area contributed by atoms with Crippen molar-refractivity contribution in [1.29, 1.82) is 0 Å². The average Bonchev–Trinajstić information content (AvgIpc) is 3.10. The van der Waals surface area contributed by atoms with Crippen LogP contribution in [-0.4, -0.2) is 40.0 Å². The van der Waals surface area contributed by atoms with E-state index >= 15 is 0 Å². The number of nitrogens with one attached hydrogen (secondary N) is 1. The highest BCUT2D eigenvalue weighted by atomic mass is 32.2. The number of para-hydroxylation sites is 2. The molecule has 0 radical (unpaired) electrons. The monoisotopic (exact) mass is 402 g/mol. The molecule has 2 N–H and O–H groups in total. The van der Waals surface area contributed by atoms with Crippen LogP contribution in [0.3, 0.4) is 0 Å². The molecule has 0 aliphatic rings. The van der Waals surface area contributed by atoms with Gasteiger partial charge in [0.1, 0.15) is 5.52 Å². The Morgan fingerprint density at radius 1 is 1.46 bits per heavy atom. The third-order valence-corrected chi connectivity index (χ3v) is 4.33. The van der Waals surface area contributed by atoms with Crippen LogP contribution in [-0.2, 0) is 4.79 Å². The van der Waals surface area contributed by atoms with Gasteiger partial charge in [-0.2, -0.15) is 5.10 Å². The van der Waals surface area contributed by atoms with Crippen molar-refractivity contribution in [3.8, 4) is 11.5 Å². The third kappa shape index (κ3) is 4.38. The molecule has 0 atom stereocenters. The fourth-order valence-corrected chi connectivity index (χ4v) is 2.87. The Morgan fingerprint density at radius 2 is 2.25 bits per heavy atom. The number of amides is 1. The largest absolute Gasteiger partial charge is 0.500 e. The molecule has 0 saturated heterocycles. The van der Waals surface area contributed by atoms with E-state index in [1.807, 2.05) is 12.1 Å². The molecule has 0 bridgehead atoms. The van der Waals surface area contributed by atoms with Crippen molar-refractivity contribution >= 4 is 40.7 Å². The molecule has 28 heavy (non-hydrogen) atoms. The fourth-order valence-electron chi connectivity index (χ4n) is 2.23. The van der Waals surface area contributed by atoms with E-state index in [9.17, 15) is 20.0 Å². The SMILES string of the molecule is COc1cc(/C=N/NC(=O)CSc2nc3ccccc3o2)cc([N+](=O)[O-])c1O. The third-order valence-electron chi connectivity index (χ3n) is 3.50. The second-order valence-electron chi connectivity index (χ2n) is 5.38. The number of carbonyl (C=O) groups excluding carboxylic acids is 1. The molecule has 0 spiro atoms. The van der Waals surface area contributed by atoms with Gasteiger partial charge in [-0.05, 0) is 18.2 Å². The zero-order valence-electron chi connectivity index (χ0n) is 14.5. The molecular weight excluding hydrogens is 388 g/mol. The lowest BCUT2D eigenvalue weighted by atomic mass is 10.2. The van der Waals surface area contributed by atoms with Crippen molar-refractivity contribution in [2.45, 2.75) is 5.22 Å². The molecule has 0 saturated carbocycles. The van der Waals surface area contributed by atoms with Crippen molar-refractivity contribution in [2.75, 3.05) is 12.9 Å². The second kappa shape index (κ2) is 8.39. The molecule has 2 aromatic carbocycles. The van der Waals surface area contributed by atoms with Crippen LogP contribution < -0.4 is 10.2 Å². The summed E-state index contributed by atoms with van der Waals surface area (Å²) >= 11 is 1.11. The van der Waals surface area contributed by atoms with Crippen LogP contribution in [0.25, 0.3) is 11.1 Å². The number of rotatable bonds is 7. The molecule has 144 valence electrons. The zero-order chi connectivity index (χ0) is 20.1. The van der Waals surface area contributed by atoms with E-state index < -0.39 is 22.3 Å². The number of thioether (sulfide) groups is 1. The van der Waals surface area contributed by atoms with E-state index in [0.717, 1.165) is 17.8 Å². The normalized spacial score (nSPS) is 11.0. The van der Waals surface area contributed by atoms with Gasteiger partial charge >= 0.3 is 5.69 Å². The molecule has 0 unspecified atom stereocenters. The Balaban J connectivity index is 1.60. The standard InChI is InChI=1S/C17H14N4O6S/c1-26-14-7-10(6-12(16(14)23)21(24)25)8-18-20-15(22)9-28-17-19-11-4-2-3-5-13(11)27-17/h2-8,23H,9H2,1H3,(H,20,22)/b18-8+. The number of aromatic nitrogens is 1. The Kier molecular flexibility index (Phi) is 5.75. The molecule has 0 aliphatic heterocycles. The lowest BCUT2D eigenvalue weighted by Crippen LogP contribution is -2.19. The number of nitro groups is 1. The Bertz CT molecular complexity index is 1030. The number of hydrogen-bond acceptors (Lipinski definition) is 9. The minimum Gasteiger partial charge on any atom is -0.500 e. The van der Waals surface area contributed by atoms with Crippen LogP contribution in [0.15, 0.2) is 51.1 Å². The second-order valence-corrected chi connectivity index (χ2v) is 6.30. The molecule has 1 aromatic heterocycles. The summed E-state index contributed by atoms with van der Waals surface area (Å²) in [4.78, 5) is 26.4. The number of hydrazone groups is 1. The predicted octanol–water partition coefficient (Wildman–Crippen LogP) is 2.69. The summed E-state index contributed by atoms with van der Waals surface area (Å²) in [6, 6.07) is 9.71. The van der Waals surface area contributed by atoms with Crippen LogP contribution in [0.5, 0.6) is 11.5 Å². The lowest BCUT2D eigenvalue weighted by molar-refractivity contribution is -0.386. The zero-order valence-corrected chi connectivity index (χ0v) is 15.3. The first-order valence-electron chi connectivity index (χ1n) is 7.83. The van der Waals surface area contributed by atoms with Gasteiger partial charge in [0.2, 0.25) is 5.75 Å². The van der Waals surface area contributed by atoms with Gasteiger partial charge in [0, 0.05) is 11.6 Å². The fraction of sp³-hybridized carbons (Fsp3) is 0.118. The highest BCUT2D eigenvalue weighted by molar-refractivity contribution is 7.99. The number of phenols is 1. The van der Waals surface area contributed by atoms with Gasteiger partial charge in [0.25, 0.3) is 11.1 Å². The van der Waals surface area contributed by atoms with Crippen molar-refractivity contribution in [3.63, 3.8) is 0 Å². The number of aromatic hydroxyl groups is 1. The number of oxazole rings is 1. The number of carbonyl (C=O) groups is 1. The van der Waals surface area contributed by atoms with Crippen molar-refractivity contribution in [3.05, 3.63) is 52.1 Å². The van der Waals surface area contributed by atoms with Crippen LogP contribution >= 0.6 is 11.8 Å². The first-order valence-corrected chi connectivity index (χ1v) is 8.82. The smallest absolute Gasteiger partial charge is 0.315 e. The summed E-state index contributed by atoms with van der Waals surface area (Å²) in [5, 5.41) is 24.8. The van der Waals surface area contributed by atoms with Crippen LogP contribution in [0.1, 0.15) is 5.56 Å². The molecule has 10 nitrogen and oxygen atoms in total. The lowest BCUT2D eigenvalue weighted by Gasteiger charge is -2.05. The highest BCUT2D eigenvalue weighted by Gasteiger charge is 2.19. The quantitative estimate of drug-likeness (QED) is 0.266. The van der Waals surface area contributed by atoms with E-state index in [-0.39, 0.29) is 17.1 Å². The molecule has 3 rings (SSSR count). The number of nitrogens with zero attached hydrogens (tertiary/aromatic N) is 3. The van der Waals surface area contributed by atoms with Gasteiger partial charge in [-0.3, -0.25) is 14.9 Å². The molecular formula is C17H14N4O6S. The van der Waals surface area contributed by atoms with Crippen LogP contribution in [0.4, 0.5) is 5.69 Å². The van der Waals surface area contributed by atoms with Crippen LogP contribution in [0, 0.1) is 10.1 Å². The number of nitro benzene ring substituents is 1. The van der Waals surface area contributed by atoms with Gasteiger partial charge in [-0.25, -0.2) is 10.4 Å². The Morgan fingerprint density at radius 3 is 2.96 bits per heavy atom. The Hall–Kier alpha value is -3.60. The minimum atomic E-state index is -0.745. The number of hydrogen-bond donors (Lipinski definition) is 2. The molecule has 11 heteroatoms. The van der Waals surface area contributed by atoms with E-state index in [0.29, 0.717) is 16.3 Å². The maximum absolute atomic E-state index is 11.9. The summed E-state index contributed by atoms with van der Waals surface area (Å²) in [7, 11) is 1.27. The van der Waals surface area contributed by atoms with Crippen molar-refractivity contribution < 1.29 is 24.0 Å². The summed E-state index contributed by atoms with van der Waals surface area (Å²) in [5.41, 5.74) is 3.38. The van der Waals surface area contributed by atoms with E-state index in [1.54, 1.807) is 12.1 Å². The maximum Gasteiger partial charge on any atom is 0.315 e. The number of benzene rings is 2. The highest BCUT2D eigenvalue weighted by Crippen LogP contribution is 2.36. The van der Waals surface area contributed by atoms with E-state index in [2.05, 4.69) is 15.5 Å². The van der Waals surface area contributed by atoms with E-state index in [1.165, 1.54) is 19.4 Å². The maximum atomic E-state index is 11.9. The Labute approximate surface area is 162 Å². The molecule has 1 heterocycles. The van der Waals surface area contributed by atoms with Gasteiger partial charge in [-0.1, -0.05) is 23.9 Å². The van der Waals surface area contributed by atoms with Crippen molar-refractivity contribution in [1.82, 2.24) is 10.4 Å². The summed E-state index contributed by atoms with van der Waals surface area (Å²) in [6.45, 7) is 0. The molecule has 0 aliphatic carbocycles. The summed E-state index contributed by atoms with van der Waals surface area (Å²) < 4.78 is 10.4. The average molecular weight is 402 g/mol. The number of ether oxygens (including phenoxy) is 1. The summed E-state index contributed by atoms with van der Waals surface area (Å²) in [6.07, 6.45) is 1.21. The van der Waals surface area contributed by atoms with Gasteiger partial charge in [0.05, 0.1) is 24.0 Å². The van der Waals surface area contributed by atoms with Crippen LogP contribution in [0.2, 0.25) is 0 Å². The summed E-state index contributed by atoms with van der Waals surface area (Å²) in [5.74, 6) is -1.05. The predicted molar refractivity (Wildman–Crippen MR) is 102 cm³/mol. The topological polar surface area (TPSA) is 140 Å².